The molecule has 6 nitrogen and oxygen atoms in total. The SMILES string of the molecule is CCOc1cc2oc(C)c(C)c2cc1/C(C)=C/C(=O)N1CCC(C(N)=O)CC1. The van der Waals surface area contributed by atoms with Crippen LogP contribution in [-0.4, -0.2) is 36.4 Å². The van der Waals surface area contributed by atoms with Gasteiger partial charge in [0, 0.05) is 42.1 Å². The molecule has 0 aliphatic carbocycles. The molecule has 2 heterocycles. The molecule has 0 spiro atoms. The maximum atomic E-state index is 12.7. The highest BCUT2D eigenvalue weighted by atomic mass is 16.5. The lowest BCUT2D eigenvalue weighted by Gasteiger charge is -2.30. The van der Waals surface area contributed by atoms with E-state index in [0.29, 0.717) is 38.3 Å². The minimum Gasteiger partial charge on any atom is -0.493 e. The largest absolute Gasteiger partial charge is 0.493 e. The highest BCUT2D eigenvalue weighted by Crippen LogP contribution is 2.35. The van der Waals surface area contributed by atoms with Crippen LogP contribution in [0.1, 0.15) is 43.6 Å². The van der Waals surface area contributed by atoms with Crippen molar-refractivity contribution in [1.82, 2.24) is 4.90 Å². The number of primary amides is 1. The fourth-order valence-corrected chi connectivity index (χ4v) is 3.69. The van der Waals surface area contributed by atoms with E-state index < -0.39 is 0 Å². The van der Waals surface area contributed by atoms with Gasteiger partial charge in [0.25, 0.3) is 0 Å². The number of furan rings is 1. The third kappa shape index (κ3) is 3.91. The van der Waals surface area contributed by atoms with Crippen molar-refractivity contribution < 1.29 is 18.7 Å². The molecule has 0 unspecified atom stereocenters. The molecule has 1 aromatic heterocycles. The van der Waals surface area contributed by atoms with Crippen molar-refractivity contribution in [2.45, 2.75) is 40.5 Å². The second-order valence-electron chi connectivity index (χ2n) is 7.39. The summed E-state index contributed by atoms with van der Waals surface area (Å²) in [5, 5.41) is 1.03. The minimum absolute atomic E-state index is 0.0527. The number of hydrogen-bond acceptors (Lipinski definition) is 4. The lowest BCUT2D eigenvalue weighted by atomic mass is 9.96. The summed E-state index contributed by atoms with van der Waals surface area (Å²) in [5.41, 5.74) is 8.98. The number of nitrogens with zero attached hydrogens (tertiary/aromatic N) is 1. The topological polar surface area (TPSA) is 85.8 Å². The lowest BCUT2D eigenvalue weighted by Crippen LogP contribution is -2.41. The standard InChI is InChI=1S/C22H28N2O4/c1-5-27-19-12-20-18(14(3)15(4)28-20)11-17(19)13(2)10-21(25)24-8-6-16(7-9-24)22(23)26/h10-12,16H,5-9H2,1-4H3,(H2,23,26)/b13-10+. The summed E-state index contributed by atoms with van der Waals surface area (Å²) < 4.78 is 11.6. The van der Waals surface area contributed by atoms with E-state index in [4.69, 9.17) is 14.9 Å². The third-order valence-corrected chi connectivity index (χ3v) is 5.55. The first-order valence-corrected chi connectivity index (χ1v) is 9.75. The van der Waals surface area contributed by atoms with Crippen molar-refractivity contribution in [3.05, 3.63) is 35.1 Å². The molecule has 2 N–H and O–H groups in total. The molecule has 0 saturated carbocycles. The maximum Gasteiger partial charge on any atom is 0.246 e. The van der Waals surface area contributed by atoms with E-state index in [1.807, 2.05) is 39.8 Å². The Hall–Kier alpha value is -2.76. The quantitative estimate of drug-likeness (QED) is 0.799. The second-order valence-corrected chi connectivity index (χ2v) is 7.39. The fraction of sp³-hybridized carbons (Fsp3) is 0.455. The van der Waals surface area contributed by atoms with Crippen LogP contribution in [0.3, 0.4) is 0 Å². The average Bonchev–Trinajstić information content (AvgIpc) is 2.94. The van der Waals surface area contributed by atoms with Gasteiger partial charge < -0.3 is 19.8 Å². The van der Waals surface area contributed by atoms with Crippen molar-refractivity contribution in [3.63, 3.8) is 0 Å². The predicted octanol–water partition coefficient (Wildman–Crippen LogP) is 3.58. The van der Waals surface area contributed by atoms with Crippen LogP contribution in [0.15, 0.2) is 22.6 Å². The van der Waals surface area contributed by atoms with Crippen LogP contribution in [0.5, 0.6) is 5.75 Å². The molecule has 0 radical (unpaired) electrons. The summed E-state index contributed by atoms with van der Waals surface area (Å²) >= 11 is 0. The molecule has 2 aromatic rings. The molecule has 150 valence electrons. The van der Waals surface area contributed by atoms with E-state index in [1.165, 1.54) is 0 Å². The van der Waals surface area contributed by atoms with E-state index in [0.717, 1.165) is 33.4 Å². The molecule has 0 bridgehead atoms. The highest BCUT2D eigenvalue weighted by Gasteiger charge is 2.25. The number of piperidine rings is 1. The Morgan fingerprint density at radius 2 is 1.96 bits per heavy atom. The van der Waals surface area contributed by atoms with Crippen molar-refractivity contribution >= 4 is 28.4 Å². The number of carbonyl (C=O) groups is 2. The Morgan fingerprint density at radius 1 is 1.29 bits per heavy atom. The Bertz CT molecular complexity index is 934. The van der Waals surface area contributed by atoms with Gasteiger partial charge in [-0.15, -0.1) is 0 Å². The van der Waals surface area contributed by atoms with Crippen molar-refractivity contribution in [1.29, 1.82) is 0 Å². The first kappa shape index (κ1) is 20.0. The van der Waals surface area contributed by atoms with Crippen LogP contribution in [0.4, 0.5) is 0 Å². The van der Waals surface area contributed by atoms with Gasteiger partial charge in [0.15, 0.2) is 0 Å². The zero-order chi connectivity index (χ0) is 20.4. The van der Waals surface area contributed by atoms with Gasteiger partial charge in [-0.1, -0.05) is 0 Å². The van der Waals surface area contributed by atoms with Crippen molar-refractivity contribution in [2.24, 2.45) is 11.7 Å². The summed E-state index contributed by atoms with van der Waals surface area (Å²) in [6.07, 6.45) is 2.89. The molecule has 1 aliphatic heterocycles. The van der Waals surface area contributed by atoms with E-state index in [9.17, 15) is 9.59 Å². The van der Waals surface area contributed by atoms with E-state index in [-0.39, 0.29) is 17.7 Å². The zero-order valence-electron chi connectivity index (χ0n) is 17.0. The number of rotatable bonds is 5. The predicted molar refractivity (Wildman–Crippen MR) is 109 cm³/mol. The van der Waals surface area contributed by atoms with E-state index in [1.54, 1.807) is 11.0 Å². The number of hydrogen-bond donors (Lipinski definition) is 1. The number of allylic oxidation sites excluding steroid dienone is 1. The molecule has 2 amide bonds. The summed E-state index contributed by atoms with van der Waals surface area (Å²) in [4.78, 5) is 25.8. The normalized spacial score (nSPS) is 15.9. The summed E-state index contributed by atoms with van der Waals surface area (Å²) in [6.45, 7) is 9.44. The Labute approximate surface area is 165 Å². The number of likely N-dealkylation sites (tertiary alicyclic amines) is 1. The molecule has 6 heteroatoms. The first-order chi connectivity index (χ1) is 13.3. The van der Waals surface area contributed by atoms with Gasteiger partial charge in [-0.05, 0) is 57.7 Å². The number of aryl methyl sites for hydroxylation is 2. The summed E-state index contributed by atoms with van der Waals surface area (Å²) in [6, 6.07) is 3.93. The van der Waals surface area contributed by atoms with Gasteiger partial charge in [0.2, 0.25) is 11.8 Å². The average molecular weight is 384 g/mol. The highest BCUT2D eigenvalue weighted by molar-refractivity contribution is 5.97. The smallest absolute Gasteiger partial charge is 0.246 e. The van der Waals surface area contributed by atoms with Crippen LogP contribution in [0.2, 0.25) is 0 Å². The van der Waals surface area contributed by atoms with E-state index in [2.05, 4.69) is 0 Å². The zero-order valence-corrected chi connectivity index (χ0v) is 17.0. The number of nitrogens with two attached hydrogens (primary N) is 1. The number of fused-ring (bicyclic) bond motifs is 1. The fourth-order valence-electron chi connectivity index (χ4n) is 3.69. The Balaban J connectivity index is 1.88. The van der Waals surface area contributed by atoms with E-state index >= 15 is 0 Å². The second kappa shape index (κ2) is 8.09. The number of amides is 2. The molecule has 3 rings (SSSR count). The molecule has 1 saturated heterocycles. The molecule has 0 atom stereocenters. The van der Waals surface area contributed by atoms with Gasteiger partial charge in [-0.3, -0.25) is 9.59 Å². The third-order valence-electron chi connectivity index (χ3n) is 5.55. The van der Waals surface area contributed by atoms with Crippen LogP contribution in [-0.2, 0) is 9.59 Å². The molecule has 1 aliphatic rings. The lowest BCUT2D eigenvalue weighted by molar-refractivity contribution is -0.130. The maximum absolute atomic E-state index is 12.7. The molecule has 1 aromatic carbocycles. The van der Waals surface area contributed by atoms with Crippen LogP contribution in [0, 0.1) is 19.8 Å². The Morgan fingerprint density at radius 3 is 2.57 bits per heavy atom. The number of ether oxygens (including phenoxy) is 1. The van der Waals surface area contributed by atoms with Crippen molar-refractivity contribution in [2.75, 3.05) is 19.7 Å². The number of carbonyl (C=O) groups excluding carboxylic acids is 2. The van der Waals surface area contributed by atoms with Gasteiger partial charge in [-0.2, -0.15) is 0 Å². The van der Waals surface area contributed by atoms with Gasteiger partial charge in [0.1, 0.15) is 17.1 Å². The van der Waals surface area contributed by atoms with Crippen LogP contribution in [0.25, 0.3) is 16.5 Å². The molecule has 28 heavy (non-hydrogen) atoms. The van der Waals surface area contributed by atoms with Crippen molar-refractivity contribution in [3.8, 4) is 5.75 Å². The first-order valence-electron chi connectivity index (χ1n) is 9.75. The monoisotopic (exact) mass is 384 g/mol. The van der Waals surface area contributed by atoms with Crippen LogP contribution < -0.4 is 10.5 Å². The van der Waals surface area contributed by atoms with Gasteiger partial charge >= 0.3 is 0 Å². The van der Waals surface area contributed by atoms with Gasteiger partial charge in [0.05, 0.1) is 6.61 Å². The van der Waals surface area contributed by atoms with Gasteiger partial charge in [-0.25, -0.2) is 0 Å². The summed E-state index contributed by atoms with van der Waals surface area (Å²) in [5.74, 6) is 1.12. The minimum atomic E-state index is -0.278. The molecular formula is C22H28N2O4. The Kier molecular flexibility index (Phi) is 5.77. The molecular weight excluding hydrogens is 356 g/mol. The summed E-state index contributed by atoms with van der Waals surface area (Å²) in [7, 11) is 0. The number of benzene rings is 1. The molecule has 1 fully saturated rings. The van der Waals surface area contributed by atoms with Crippen LogP contribution >= 0.6 is 0 Å².